The average molecular weight is 932 g/mol. The van der Waals surface area contributed by atoms with Crippen molar-refractivity contribution in [1.82, 2.24) is 24.8 Å². The number of aliphatic hydroxyl groups excluding tert-OH is 2. The number of fused-ring (bicyclic) bond motifs is 1. The maximum Gasteiger partial charge on any atom is 0.472 e. The van der Waals surface area contributed by atoms with Crippen LogP contribution >= 0.6 is 7.82 Å². The van der Waals surface area contributed by atoms with E-state index in [-0.39, 0.29) is 56.1 Å². The third-order valence-corrected chi connectivity index (χ3v) is 9.46. The van der Waals surface area contributed by atoms with Crippen molar-refractivity contribution in [3.8, 4) is 0 Å². The molecule has 0 radical (unpaired) electrons. The van der Waals surface area contributed by atoms with Gasteiger partial charge in [-0.15, -0.1) is 0 Å². The van der Waals surface area contributed by atoms with Crippen LogP contribution in [0.1, 0.15) is 19.1 Å². The molecule has 1 aliphatic heterocycles. The second-order valence-electron chi connectivity index (χ2n) is 13.3. The number of nitrogen functional groups attached to an aromatic ring is 1. The Labute approximate surface area is 364 Å². The molecule has 0 aliphatic carbocycles. The molecule has 5 atom stereocenters. The van der Waals surface area contributed by atoms with Crippen LogP contribution < -0.4 is 22.3 Å². The van der Waals surface area contributed by atoms with Crippen molar-refractivity contribution in [1.29, 1.82) is 0 Å². The van der Waals surface area contributed by atoms with Crippen LogP contribution in [0.25, 0.3) is 11.2 Å². The van der Waals surface area contributed by atoms with Crippen molar-refractivity contribution in [2.75, 3.05) is 164 Å². The highest BCUT2D eigenvalue weighted by Gasteiger charge is 2.45. The molecule has 0 aromatic carbocycles. The number of carbonyl (C=O) groups excluding carboxylic acids is 1. The number of nitrogens with zero attached hydrogens (tertiary/aromatic N) is 3. The molecule has 9 N–H and O–H groups in total. The Morgan fingerprint density at radius 2 is 1.19 bits per heavy atom. The first kappa shape index (κ1) is 54.5. The van der Waals surface area contributed by atoms with Gasteiger partial charge in [-0.2, -0.15) is 4.98 Å². The Morgan fingerprint density at radius 3 is 1.67 bits per heavy atom. The van der Waals surface area contributed by atoms with Gasteiger partial charge in [-0.25, -0.2) is 9.55 Å². The molecular formula is C36H66N7O19P. The van der Waals surface area contributed by atoms with Gasteiger partial charge in [-0.1, -0.05) is 0 Å². The van der Waals surface area contributed by atoms with Crippen molar-refractivity contribution in [2.24, 2.45) is 5.73 Å². The summed E-state index contributed by atoms with van der Waals surface area (Å²) in [4.78, 5) is 43.9. The number of imidazole rings is 1. The fourth-order valence-corrected chi connectivity index (χ4v) is 6.05. The standard InChI is InChI=1S/C36H66N7O19P/c37-3-1-2-4-39-29(44)26-59-22-21-57-18-17-55-14-13-53-10-9-51-6-5-50-7-8-52-11-12-54-15-16-56-19-20-58-23-24-60-63(48,49)61-25-28-31(45)32(46)35(62-28)43-27-40-30-33(43)41-36(38)42-34(30)47/h27-28,31-32,35,45-46H,1-26,37H2,(H,39,44)(H,48,49)(H3,38,41,42,47)/t28-,31-,32-,35-/m1/s1. The smallest absolute Gasteiger partial charge is 0.387 e. The van der Waals surface area contributed by atoms with E-state index in [9.17, 15) is 29.3 Å². The number of H-pyrrole nitrogens is 1. The highest BCUT2D eigenvalue weighted by Crippen LogP contribution is 2.44. The van der Waals surface area contributed by atoms with E-state index in [1.54, 1.807) is 0 Å². The Morgan fingerprint density at radius 1 is 0.730 bits per heavy atom. The molecule has 1 fully saturated rings. The first-order chi connectivity index (χ1) is 30.6. The van der Waals surface area contributed by atoms with E-state index in [0.29, 0.717) is 119 Å². The fourth-order valence-electron chi connectivity index (χ4n) is 5.33. The topological polar surface area (TPSA) is 342 Å². The van der Waals surface area contributed by atoms with E-state index < -0.39 is 44.5 Å². The number of carbonyl (C=O) groups is 1. The summed E-state index contributed by atoms with van der Waals surface area (Å²) in [5.74, 6) is -0.334. The number of phosphoric ester groups is 1. The van der Waals surface area contributed by atoms with Gasteiger partial charge in [-0.3, -0.25) is 28.2 Å². The lowest BCUT2D eigenvalue weighted by Crippen LogP contribution is -2.33. The van der Waals surface area contributed by atoms with Crippen molar-refractivity contribution < 1.29 is 85.6 Å². The van der Waals surface area contributed by atoms with Crippen LogP contribution in [-0.2, 0) is 70.5 Å². The average Bonchev–Trinajstić information content (AvgIpc) is 3.81. The maximum absolute atomic E-state index is 12.3. The molecule has 26 nitrogen and oxygen atoms in total. The summed E-state index contributed by atoms with van der Waals surface area (Å²) >= 11 is 0. The second-order valence-corrected chi connectivity index (χ2v) is 14.8. The number of unbranched alkanes of at least 4 members (excludes halogenated alkanes) is 1. The highest BCUT2D eigenvalue weighted by molar-refractivity contribution is 7.47. The molecule has 63 heavy (non-hydrogen) atoms. The lowest BCUT2D eigenvalue weighted by atomic mass is 10.1. The minimum atomic E-state index is -4.56. The summed E-state index contributed by atoms with van der Waals surface area (Å²) in [6.45, 7) is 7.35. The third kappa shape index (κ3) is 23.8. The van der Waals surface area contributed by atoms with Crippen molar-refractivity contribution in [2.45, 2.75) is 37.4 Å². The Bertz CT molecular complexity index is 1600. The SMILES string of the molecule is NCCCCNC(=O)COCCOCCOCCOCCOCCOCCOCCOCCOCCOCCOP(=O)(O)OC[C@H]1O[C@@H](n2cnc3c(=O)[nH]c(N)nc32)[C@H](O)[C@@H]1O. The quantitative estimate of drug-likeness (QED) is 0.0267. The molecule has 3 rings (SSSR count). The van der Waals surface area contributed by atoms with Crippen LogP contribution in [0.3, 0.4) is 0 Å². The molecular weight excluding hydrogens is 865 g/mol. The molecule has 0 saturated carbocycles. The Hall–Kier alpha value is -2.83. The molecule has 1 saturated heterocycles. The molecule has 1 aliphatic rings. The van der Waals surface area contributed by atoms with E-state index in [4.69, 9.17) is 72.6 Å². The molecule has 364 valence electrons. The number of rotatable bonds is 41. The summed E-state index contributed by atoms with van der Waals surface area (Å²) in [6.07, 6.45) is -2.57. The van der Waals surface area contributed by atoms with Crippen LogP contribution in [0.15, 0.2) is 11.1 Å². The number of aliphatic hydroxyl groups is 2. The number of hydrogen-bond donors (Lipinski definition) is 7. The molecule has 3 heterocycles. The second kappa shape index (κ2) is 33.6. The summed E-state index contributed by atoms with van der Waals surface area (Å²) in [5.41, 5.74) is 10.4. The van der Waals surface area contributed by atoms with Gasteiger partial charge in [0, 0.05) is 6.54 Å². The molecule has 1 unspecified atom stereocenters. The first-order valence-corrected chi connectivity index (χ1v) is 22.2. The van der Waals surface area contributed by atoms with Crippen LogP contribution in [0, 0.1) is 0 Å². The predicted octanol–water partition coefficient (Wildman–Crippen LogP) is -2.52. The van der Waals surface area contributed by atoms with Crippen LogP contribution in [0.5, 0.6) is 0 Å². The van der Waals surface area contributed by atoms with Gasteiger partial charge in [0.15, 0.2) is 17.4 Å². The number of anilines is 1. The van der Waals surface area contributed by atoms with Gasteiger partial charge >= 0.3 is 7.82 Å². The first-order valence-electron chi connectivity index (χ1n) is 20.7. The zero-order valence-electron chi connectivity index (χ0n) is 35.6. The summed E-state index contributed by atoms with van der Waals surface area (Å²) in [5, 5.41) is 23.7. The number of aromatic nitrogens is 4. The monoisotopic (exact) mass is 931 g/mol. The zero-order valence-corrected chi connectivity index (χ0v) is 36.5. The lowest BCUT2D eigenvalue weighted by Gasteiger charge is -2.17. The number of phosphoric acid groups is 1. The molecule has 27 heteroatoms. The molecule has 1 amide bonds. The van der Waals surface area contributed by atoms with Crippen LogP contribution in [-0.4, -0.2) is 217 Å². The van der Waals surface area contributed by atoms with Crippen molar-refractivity contribution in [3.63, 3.8) is 0 Å². The van der Waals surface area contributed by atoms with E-state index in [2.05, 4.69) is 20.3 Å². The number of ether oxygens (including phenoxy) is 11. The highest BCUT2D eigenvalue weighted by atomic mass is 31.2. The lowest BCUT2D eigenvalue weighted by molar-refractivity contribution is -0.126. The van der Waals surface area contributed by atoms with Gasteiger partial charge in [0.05, 0.1) is 145 Å². The summed E-state index contributed by atoms with van der Waals surface area (Å²) in [6, 6.07) is 0. The van der Waals surface area contributed by atoms with Gasteiger partial charge in [0.25, 0.3) is 5.56 Å². The maximum atomic E-state index is 12.3. The van der Waals surface area contributed by atoms with Crippen LogP contribution in [0.2, 0.25) is 0 Å². The molecule has 2 aromatic heterocycles. The number of amides is 1. The predicted molar refractivity (Wildman–Crippen MR) is 220 cm³/mol. The number of nitrogens with two attached hydrogens (primary N) is 2. The molecule has 0 spiro atoms. The van der Waals surface area contributed by atoms with Crippen molar-refractivity contribution in [3.05, 3.63) is 16.7 Å². The van der Waals surface area contributed by atoms with Gasteiger partial charge in [0.2, 0.25) is 11.9 Å². The van der Waals surface area contributed by atoms with Gasteiger partial charge < -0.3 is 84.0 Å². The van der Waals surface area contributed by atoms with E-state index in [0.717, 1.165) is 12.8 Å². The van der Waals surface area contributed by atoms with E-state index in [1.165, 1.54) is 10.9 Å². The zero-order chi connectivity index (χ0) is 45.4. The molecule has 0 bridgehead atoms. The Kier molecular flexibility index (Phi) is 29.1. The summed E-state index contributed by atoms with van der Waals surface area (Å²) < 4.78 is 83.1. The van der Waals surface area contributed by atoms with Gasteiger partial charge in [0.1, 0.15) is 24.9 Å². The number of hydrogen-bond acceptors (Lipinski definition) is 22. The number of nitrogens with one attached hydrogen (secondary N) is 2. The third-order valence-electron chi connectivity index (χ3n) is 8.48. The minimum Gasteiger partial charge on any atom is -0.387 e. The van der Waals surface area contributed by atoms with E-state index in [1.807, 2.05) is 0 Å². The largest absolute Gasteiger partial charge is 0.472 e. The minimum absolute atomic E-state index is 0.0111. The van der Waals surface area contributed by atoms with Crippen molar-refractivity contribution >= 4 is 30.8 Å². The summed E-state index contributed by atoms with van der Waals surface area (Å²) in [7, 11) is -4.56. The van der Waals surface area contributed by atoms with Gasteiger partial charge in [-0.05, 0) is 19.4 Å². The fraction of sp³-hybridized carbons (Fsp3) is 0.833. The number of aromatic amines is 1. The molecule has 2 aromatic rings. The van der Waals surface area contributed by atoms with E-state index >= 15 is 0 Å². The van der Waals surface area contributed by atoms with Crippen LogP contribution in [0.4, 0.5) is 5.95 Å². The normalized spacial score (nSPS) is 18.7. The Balaban J connectivity index is 0.992.